The highest BCUT2D eigenvalue weighted by atomic mass is 15.4. The SMILES string of the molecule is C=C.C=C.Cc1nc(N(CCN(C)CNc2nc(N(C)C3CC(C)(C)NC(C)(C)C3)nc(N(C)C3CC(C)(C)NC(C)(C)C3)n2)CNc2nc(N(C)C3CC(C)(C)NC(C)(C)C3)nc(N(C)C3CC(C)(C)NC(C)(C)C3)n2)nc(N(C)C2CC(C)(C)NC(C)(C)C2)n1. The van der Waals surface area contributed by atoms with E-state index in [1.165, 1.54) is 0 Å². The van der Waals surface area contributed by atoms with Gasteiger partial charge in [0.15, 0.2) is 0 Å². The van der Waals surface area contributed by atoms with Crippen molar-refractivity contribution in [3.63, 3.8) is 0 Å². The van der Waals surface area contributed by atoms with Crippen LogP contribution in [0.2, 0.25) is 0 Å². The molecule has 0 spiro atoms. The molecule has 0 bridgehead atoms. The van der Waals surface area contributed by atoms with E-state index >= 15 is 0 Å². The molecule has 5 saturated heterocycles. The number of nitrogens with one attached hydrogen (secondary N) is 7. The van der Waals surface area contributed by atoms with E-state index < -0.39 is 0 Å². The summed E-state index contributed by atoms with van der Waals surface area (Å²) in [5.74, 6) is 5.53. The molecule has 520 valence electrons. The van der Waals surface area contributed by atoms with Gasteiger partial charge >= 0.3 is 0 Å². The van der Waals surface area contributed by atoms with E-state index in [2.05, 4.69) is 279 Å². The largest absolute Gasteiger partial charge is 0.341 e. The van der Waals surface area contributed by atoms with Gasteiger partial charge in [0, 0.05) is 134 Å². The Hall–Kier alpha value is -5.33. The van der Waals surface area contributed by atoms with Crippen LogP contribution in [0.4, 0.5) is 47.6 Å². The number of aromatic nitrogens is 9. The van der Waals surface area contributed by atoms with Gasteiger partial charge in [-0.15, -0.1) is 26.3 Å². The Kier molecular flexibility index (Phi) is 23.2. The van der Waals surface area contributed by atoms with Gasteiger partial charge in [0.1, 0.15) is 5.82 Å². The van der Waals surface area contributed by atoms with Crippen LogP contribution in [0.1, 0.15) is 209 Å². The summed E-state index contributed by atoms with van der Waals surface area (Å²) >= 11 is 0. The summed E-state index contributed by atoms with van der Waals surface area (Å²) in [5.41, 5.74) is -0.652. The van der Waals surface area contributed by atoms with Crippen molar-refractivity contribution >= 4 is 47.6 Å². The Morgan fingerprint density at radius 1 is 0.315 bits per heavy atom. The molecule has 0 aliphatic carbocycles. The van der Waals surface area contributed by atoms with Crippen LogP contribution in [0.3, 0.4) is 0 Å². The van der Waals surface area contributed by atoms with Gasteiger partial charge < -0.3 is 66.6 Å². The highest BCUT2D eigenvalue weighted by molar-refractivity contribution is 5.49. The summed E-state index contributed by atoms with van der Waals surface area (Å²) in [6.45, 7) is 61.8. The minimum absolute atomic E-state index is 0.0552. The number of hydrogen-bond acceptors (Lipinski definition) is 23. The van der Waals surface area contributed by atoms with Crippen LogP contribution in [-0.2, 0) is 0 Å². The molecule has 8 heterocycles. The second-order valence-electron chi connectivity index (χ2n) is 34.3. The Morgan fingerprint density at radius 3 is 0.772 bits per heavy atom. The van der Waals surface area contributed by atoms with E-state index in [-0.39, 0.29) is 85.6 Å². The van der Waals surface area contributed by atoms with Gasteiger partial charge in [0.2, 0.25) is 47.6 Å². The standard InChI is InChI=1S/C65H121N23.2C2H4/c1-42-68-50(83(23)43-30-56(2,3)77-57(4,5)31-43)76-55(69-42)88(41-67-49-72-53(86(26)46-36-62(14,15)80-63(16,17)37-46)75-54(73-49)87(27)47-38-64(18,19)81-65(20,21)39-47)29-28-82(22)40-66-48-70-51(84(24)44-32-58(6,7)78-59(8,9)33-44)74-52(71-48)85(25)45-34-60(10,11)79-61(12,13)35-45;2*1-2/h43-47,77-81H,28-41H2,1-27H3,(H,66,70,71,74)(H,67,72,73,75);2*1-2H2. The quantitative estimate of drug-likeness (QED) is 0.0413. The number of anilines is 8. The molecule has 3 aromatic heterocycles. The van der Waals surface area contributed by atoms with Gasteiger partial charge in [-0.2, -0.15) is 44.9 Å². The van der Waals surface area contributed by atoms with Crippen molar-refractivity contribution < 1.29 is 0 Å². The number of piperidine rings is 5. The molecule has 5 aliphatic heterocycles. The van der Waals surface area contributed by atoms with E-state index in [0.717, 1.165) is 64.2 Å². The van der Waals surface area contributed by atoms with Crippen molar-refractivity contribution in [2.24, 2.45) is 0 Å². The molecule has 0 atom stereocenters. The molecule has 8 rings (SSSR count). The summed E-state index contributed by atoms with van der Waals surface area (Å²) in [4.78, 5) is 62.9. The Bertz CT molecular complexity index is 2710. The fourth-order valence-electron chi connectivity index (χ4n) is 16.8. The smallest absolute Gasteiger partial charge is 0.231 e. The minimum Gasteiger partial charge on any atom is -0.341 e. The first-order valence-corrected chi connectivity index (χ1v) is 33.9. The lowest BCUT2D eigenvalue weighted by Crippen LogP contribution is -2.62. The molecule has 3 aromatic rings. The summed E-state index contributed by atoms with van der Waals surface area (Å²) in [5, 5.41) is 26.8. The zero-order chi connectivity index (χ0) is 69.3. The molecule has 0 radical (unpaired) electrons. The molecule has 23 nitrogen and oxygen atoms in total. The number of rotatable bonds is 20. The van der Waals surface area contributed by atoms with Crippen LogP contribution >= 0.6 is 0 Å². The predicted octanol–water partition coefficient (Wildman–Crippen LogP) is 9.76. The van der Waals surface area contributed by atoms with E-state index in [0.29, 0.717) is 79.8 Å². The summed E-state index contributed by atoms with van der Waals surface area (Å²) < 4.78 is 0. The van der Waals surface area contributed by atoms with Gasteiger partial charge in [0.05, 0.1) is 13.3 Å². The first kappa shape index (κ1) is 75.7. The van der Waals surface area contributed by atoms with Crippen molar-refractivity contribution in [1.82, 2.24) is 76.3 Å². The molecule has 0 aromatic carbocycles. The van der Waals surface area contributed by atoms with Crippen LogP contribution in [0.5, 0.6) is 0 Å². The Labute approximate surface area is 557 Å². The summed E-state index contributed by atoms with van der Waals surface area (Å²) in [6.07, 6.45) is 9.48. The zero-order valence-electron chi connectivity index (χ0n) is 62.8. The summed E-state index contributed by atoms with van der Waals surface area (Å²) in [7, 11) is 12.9. The third-order valence-corrected chi connectivity index (χ3v) is 19.1. The van der Waals surface area contributed by atoms with Gasteiger partial charge in [-0.3, -0.25) is 4.90 Å². The van der Waals surface area contributed by atoms with Crippen molar-refractivity contribution in [2.45, 2.75) is 295 Å². The molecular formula is C69H129N23. The van der Waals surface area contributed by atoms with E-state index in [4.69, 9.17) is 44.9 Å². The first-order chi connectivity index (χ1) is 42.2. The van der Waals surface area contributed by atoms with Gasteiger partial charge in [0.25, 0.3) is 0 Å². The van der Waals surface area contributed by atoms with Gasteiger partial charge in [-0.25, -0.2) is 0 Å². The number of aryl methyl sites for hydroxylation is 1. The molecule has 23 heteroatoms. The van der Waals surface area contributed by atoms with Crippen LogP contribution in [-0.4, -0.2) is 204 Å². The number of likely N-dealkylation sites (N-methyl/N-ethyl adjacent to an activating group) is 1. The predicted molar refractivity (Wildman–Crippen MR) is 387 cm³/mol. The average molecular weight is 1280 g/mol. The maximum Gasteiger partial charge on any atom is 0.231 e. The first-order valence-electron chi connectivity index (χ1n) is 33.9. The van der Waals surface area contributed by atoms with Crippen molar-refractivity contribution in [1.29, 1.82) is 0 Å². The summed E-state index contributed by atoms with van der Waals surface area (Å²) in [6, 6.07) is 1.03. The van der Waals surface area contributed by atoms with Crippen molar-refractivity contribution in [3.05, 3.63) is 32.1 Å². The molecule has 5 fully saturated rings. The highest BCUT2D eigenvalue weighted by Crippen LogP contribution is 2.39. The van der Waals surface area contributed by atoms with Crippen LogP contribution < -0.4 is 66.6 Å². The van der Waals surface area contributed by atoms with Crippen LogP contribution in [0.15, 0.2) is 26.3 Å². The van der Waals surface area contributed by atoms with Crippen molar-refractivity contribution in [3.8, 4) is 0 Å². The second-order valence-corrected chi connectivity index (χ2v) is 34.3. The second kappa shape index (κ2) is 28.2. The molecule has 92 heavy (non-hydrogen) atoms. The maximum absolute atomic E-state index is 5.33. The fraction of sp³-hybridized carbons (Fsp3) is 0.812. The van der Waals surface area contributed by atoms with Crippen LogP contribution in [0, 0.1) is 6.92 Å². The van der Waals surface area contributed by atoms with E-state index in [1.807, 2.05) is 6.92 Å². The normalized spacial score (nSPS) is 23.0. The molecular weight excluding hydrogens is 1150 g/mol. The number of nitrogens with zero attached hydrogens (tertiary/aromatic N) is 16. The van der Waals surface area contributed by atoms with E-state index in [1.54, 1.807) is 0 Å². The van der Waals surface area contributed by atoms with Crippen molar-refractivity contribution in [2.75, 3.05) is 109 Å². The Morgan fingerprint density at radius 2 is 0.522 bits per heavy atom. The zero-order valence-corrected chi connectivity index (χ0v) is 62.8. The molecule has 7 N–H and O–H groups in total. The lowest BCUT2D eigenvalue weighted by Gasteiger charge is -2.49. The lowest BCUT2D eigenvalue weighted by molar-refractivity contribution is 0.159. The third-order valence-electron chi connectivity index (χ3n) is 19.1. The minimum atomic E-state index is -0.0751. The molecule has 0 saturated carbocycles. The van der Waals surface area contributed by atoms with Gasteiger partial charge in [-0.05, 0) is 217 Å². The fourth-order valence-corrected chi connectivity index (χ4v) is 16.8. The molecule has 0 amide bonds. The highest BCUT2D eigenvalue weighted by Gasteiger charge is 2.45. The topological polar surface area (TPSA) is 223 Å². The average Bonchev–Trinajstić information content (AvgIpc) is 0.799. The van der Waals surface area contributed by atoms with Crippen LogP contribution in [0.25, 0.3) is 0 Å². The molecule has 5 aliphatic rings. The maximum atomic E-state index is 5.33. The molecule has 0 unspecified atom stereocenters. The van der Waals surface area contributed by atoms with E-state index in [9.17, 15) is 0 Å². The monoisotopic (exact) mass is 1280 g/mol. The number of hydrogen-bond donors (Lipinski definition) is 7. The van der Waals surface area contributed by atoms with Gasteiger partial charge in [-0.1, -0.05) is 0 Å². The lowest BCUT2D eigenvalue weighted by atomic mass is 9.79. The third kappa shape index (κ3) is 20.6. The Balaban J connectivity index is 0.00000329.